The van der Waals surface area contributed by atoms with Gasteiger partial charge in [0.2, 0.25) is 5.89 Å². The molecule has 180 valence electrons. The zero-order chi connectivity index (χ0) is 24.9. The van der Waals surface area contributed by atoms with Crippen LogP contribution in [0.5, 0.6) is 0 Å². The molecule has 0 atom stereocenters. The molecule has 5 rings (SSSR count). The third-order valence-corrected chi connectivity index (χ3v) is 6.15. The second kappa shape index (κ2) is 10.5. The van der Waals surface area contributed by atoms with Crippen LogP contribution in [0.1, 0.15) is 21.9 Å². The predicted octanol–water partition coefficient (Wildman–Crippen LogP) is 5.42. The van der Waals surface area contributed by atoms with Gasteiger partial charge in [-0.25, -0.2) is 13.8 Å². The summed E-state index contributed by atoms with van der Waals surface area (Å²) in [6.07, 6.45) is 1.27. The van der Waals surface area contributed by atoms with Crippen LogP contribution in [0.25, 0.3) is 17.1 Å². The lowest BCUT2D eigenvalue weighted by Crippen LogP contribution is -2.23. The molecule has 3 aromatic carbocycles. The van der Waals surface area contributed by atoms with Crippen molar-refractivity contribution >= 4 is 17.7 Å². The van der Waals surface area contributed by atoms with Gasteiger partial charge in [0.1, 0.15) is 17.9 Å². The Morgan fingerprint density at radius 1 is 0.944 bits per heavy atom. The zero-order valence-electron chi connectivity index (χ0n) is 18.8. The Kier molecular flexibility index (Phi) is 6.85. The Balaban J connectivity index is 1.31. The quantitative estimate of drug-likeness (QED) is 0.285. The van der Waals surface area contributed by atoms with Crippen molar-refractivity contribution in [3.05, 3.63) is 114 Å². The van der Waals surface area contributed by atoms with Crippen molar-refractivity contribution in [1.29, 1.82) is 0 Å². The summed E-state index contributed by atoms with van der Waals surface area (Å²) in [5, 5.41) is 11.7. The highest BCUT2D eigenvalue weighted by atomic mass is 32.2. The van der Waals surface area contributed by atoms with Gasteiger partial charge in [-0.05, 0) is 29.8 Å². The van der Waals surface area contributed by atoms with Crippen LogP contribution < -0.4 is 5.32 Å². The van der Waals surface area contributed by atoms with Crippen LogP contribution in [0, 0.1) is 11.6 Å². The number of carbonyl (C=O) groups excluding carboxylic acids is 1. The summed E-state index contributed by atoms with van der Waals surface area (Å²) in [5.74, 6) is -0.127. The van der Waals surface area contributed by atoms with Crippen LogP contribution in [0.15, 0.2) is 94.7 Å². The maximum Gasteiger partial charge on any atom is 0.273 e. The summed E-state index contributed by atoms with van der Waals surface area (Å²) in [5.41, 5.74) is 1.98. The Hall–Kier alpha value is -4.31. The lowest BCUT2D eigenvalue weighted by Gasteiger charge is -2.10. The number of oxazole rings is 1. The van der Waals surface area contributed by atoms with E-state index in [1.807, 2.05) is 30.3 Å². The van der Waals surface area contributed by atoms with Crippen molar-refractivity contribution in [2.75, 3.05) is 0 Å². The molecule has 2 heterocycles. The minimum absolute atomic E-state index is 0.119. The average molecular weight is 504 g/mol. The van der Waals surface area contributed by atoms with E-state index in [1.165, 1.54) is 36.2 Å². The van der Waals surface area contributed by atoms with Crippen LogP contribution in [-0.4, -0.2) is 25.7 Å². The van der Waals surface area contributed by atoms with Crippen LogP contribution >= 0.6 is 11.8 Å². The van der Waals surface area contributed by atoms with E-state index >= 15 is 0 Å². The second-order valence-corrected chi connectivity index (χ2v) is 8.63. The maximum atomic E-state index is 14.7. The van der Waals surface area contributed by atoms with E-state index in [9.17, 15) is 13.6 Å². The van der Waals surface area contributed by atoms with E-state index in [-0.39, 0.29) is 23.8 Å². The van der Waals surface area contributed by atoms with E-state index in [1.54, 1.807) is 34.9 Å². The van der Waals surface area contributed by atoms with Gasteiger partial charge in [-0.1, -0.05) is 66.4 Å². The smallest absolute Gasteiger partial charge is 0.273 e. The Morgan fingerprint density at radius 2 is 1.69 bits per heavy atom. The third kappa shape index (κ3) is 5.18. The molecule has 0 saturated carbocycles. The minimum Gasteiger partial charge on any atom is -0.447 e. The fourth-order valence-electron chi connectivity index (χ4n) is 3.47. The minimum atomic E-state index is -0.416. The summed E-state index contributed by atoms with van der Waals surface area (Å²) >= 11 is 1.26. The molecular weight excluding hydrogens is 484 g/mol. The molecule has 0 spiro atoms. The van der Waals surface area contributed by atoms with E-state index in [4.69, 9.17) is 4.42 Å². The summed E-state index contributed by atoms with van der Waals surface area (Å²) in [7, 11) is 0. The van der Waals surface area contributed by atoms with Gasteiger partial charge < -0.3 is 9.73 Å². The van der Waals surface area contributed by atoms with Gasteiger partial charge in [0.25, 0.3) is 5.91 Å². The number of benzene rings is 3. The van der Waals surface area contributed by atoms with E-state index < -0.39 is 11.7 Å². The summed E-state index contributed by atoms with van der Waals surface area (Å²) < 4.78 is 34.9. The summed E-state index contributed by atoms with van der Waals surface area (Å²) in [4.78, 5) is 16.7. The third-order valence-electron chi connectivity index (χ3n) is 5.23. The number of aromatic nitrogens is 4. The molecule has 7 nitrogen and oxygen atoms in total. The number of para-hydroxylation sites is 1. The van der Waals surface area contributed by atoms with Crippen LogP contribution in [0.3, 0.4) is 0 Å². The maximum absolute atomic E-state index is 14.7. The molecule has 0 aliphatic rings. The molecule has 0 saturated heterocycles. The molecule has 0 aliphatic heterocycles. The van der Waals surface area contributed by atoms with Crippen molar-refractivity contribution in [3.8, 4) is 17.1 Å². The zero-order valence-corrected chi connectivity index (χ0v) is 19.6. The highest BCUT2D eigenvalue weighted by Gasteiger charge is 2.20. The monoisotopic (exact) mass is 503 g/mol. The molecule has 10 heteroatoms. The SMILES string of the molecule is O=C(NCc1ccc(F)cc1)c1coc(CSc2nnc(-c3ccccc3)n2-c2ccccc2F)n1. The van der Waals surface area contributed by atoms with Crippen LogP contribution in [0.4, 0.5) is 8.78 Å². The number of rotatable bonds is 8. The van der Waals surface area contributed by atoms with Gasteiger partial charge in [-0.3, -0.25) is 9.36 Å². The number of thioether (sulfide) groups is 1. The molecule has 0 bridgehead atoms. The standard InChI is InChI=1S/C26H19F2N5O2S/c27-19-12-10-17(11-13-19)14-29-25(34)21-15-35-23(30-21)16-36-26-32-31-24(18-6-2-1-3-7-18)33(26)22-9-5-4-8-20(22)28/h1-13,15H,14,16H2,(H,29,34). The van der Waals surface area contributed by atoms with Gasteiger partial charge >= 0.3 is 0 Å². The Labute approximate surface area is 209 Å². The van der Waals surface area contributed by atoms with Crippen molar-refractivity contribution in [1.82, 2.24) is 25.1 Å². The van der Waals surface area contributed by atoms with Crippen molar-refractivity contribution in [3.63, 3.8) is 0 Å². The molecule has 5 aromatic rings. The summed E-state index contributed by atoms with van der Waals surface area (Å²) in [6, 6.07) is 21.6. The largest absolute Gasteiger partial charge is 0.447 e. The van der Waals surface area contributed by atoms with Gasteiger partial charge in [0.15, 0.2) is 16.7 Å². The van der Waals surface area contributed by atoms with Gasteiger partial charge in [-0.15, -0.1) is 10.2 Å². The van der Waals surface area contributed by atoms with Gasteiger partial charge in [0, 0.05) is 12.1 Å². The molecular formula is C26H19F2N5O2S. The van der Waals surface area contributed by atoms with Crippen molar-refractivity contribution < 1.29 is 18.0 Å². The van der Waals surface area contributed by atoms with Crippen LogP contribution in [-0.2, 0) is 12.3 Å². The first-order valence-corrected chi connectivity index (χ1v) is 11.9. The number of nitrogens with zero attached hydrogens (tertiary/aromatic N) is 4. The number of hydrogen-bond acceptors (Lipinski definition) is 6. The molecule has 2 aromatic heterocycles. The first kappa shape index (κ1) is 23.4. The summed E-state index contributed by atoms with van der Waals surface area (Å²) in [6.45, 7) is 0.226. The van der Waals surface area contributed by atoms with E-state index in [0.717, 1.165) is 11.1 Å². The number of amides is 1. The second-order valence-electron chi connectivity index (χ2n) is 7.68. The molecule has 36 heavy (non-hydrogen) atoms. The highest BCUT2D eigenvalue weighted by molar-refractivity contribution is 7.98. The average Bonchev–Trinajstić information content (AvgIpc) is 3.55. The fourth-order valence-corrected chi connectivity index (χ4v) is 4.27. The number of hydrogen-bond donors (Lipinski definition) is 1. The van der Waals surface area contributed by atoms with Gasteiger partial charge in [-0.2, -0.15) is 0 Å². The predicted molar refractivity (Wildman–Crippen MR) is 130 cm³/mol. The molecule has 1 amide bonds. The molecule has 0 unspecified atom stereocenters. The molecule has 0 aliphatic carbocycles. The molecule has 1 N–H and O–H groups in total. The fraction of sp³-hybridized carbons (Fsp3) is 0.0769. The van der Waals surface area contributed by atoms with E-state index in [0.29, 0.717) is 22.6 Å². The number of halogens is 2. The normalized spacial score (nSPS) is 10.9. The van der Waals surface area contributed by atoms with Crippen molar-refractivity contribution in [2.24, 2.45) is 0 Å². The Bertz CT molecular complexity index is 1490. The number of nitrogens with one attached hydrogen (secondary N) is 1. The molecule has 0 fully saturated rings. The Morgan fingerprint density at radius 3 is 2.47 bits per heavy atom. The lowest BCUT2D eigenvalue weighted by atomic mass is 10.2. The topological polar surface area (TPSA) is 85.8 Å². The highest BCUT2D eigenvalue weighted by Crippen LogP contribution is 2.30. The van der Waals surface area contributed by atoms with Gasteiger partial charge in [0.05, 0.1) is 11.4 Å². The van der Waals surface area contributed by atoms with Crippen molar-refractivity contribution in [2.45, 2.75) is 17.5 Å². The van der Waals surface area contributed by atoms with Crippen LogP contribution in [0.2, 0.25) is 0 Å². The lowest BCUT2D eigenvalue weighted by molar-refractivity contribution is 0.0946. The first-order valence-electron chi connectivity index (χ1n) is 10.9. The number of carbonyl (C=O) groups is 1. The first-order chi connectivity index (χ1) is 17.6. The van der Waals surface area contributed by atoms with E-state index in [2.05, 4.69) is 20.5 Å². The molecule has 0 radical (unpaired) electrons.